The summed E-state index contributed by atoms with van der Waals surface area (Å²) in [6.07, 6.45) is 4.72. The molecule has 8 nitrogen and oxygen atoms in total. The number of anilines is 2. The number of carbonyl (C=O) groups is 1. The molecule has 0 radical (unpaired) electrons. The zero-order valence-electron chi connectivity index (χ0n) is 18.1. The van der Waals surface area contributed by atoms with Crippen LogP contribution in [0.25, 0.3) is 5.82 Å². The minimum Gasteiger partial charge on any atom is -0.491 e. The minimum absolute atomic E-state index is 0.178. The van der Waals surface area contributed by atoms with Crippen LogP contribution in [0, 0.1) is 5.82 Å². The highest BCUT2D eigenvalue weighted by Gasteiger charge is 2.17. The zero-order valence-corrected chi connectivity index (χ0v) is 18.8. The fourth-order valence-corrected chi connectivity index (χ4v) is 3.50. The van der Waals surface area contributed by atoms with Gasteiger partial charge >= 0.3 is 0 Å². The summed E-state index contributed by atoms with van der Waals surface area (Å²) in [5.74, 6) is 0.134. The molecule has 34 heavy (non-hydrogen) atoms. The van der Waals surface area contributed by atoms with E-state index in [9.17, 15) is 14.3 Å². The summed E-state index contributed by atoms with van der Waals surface area (Å²) in [7, 11) is 1.48. The number of aromatic nitrogens is 3. The lowest BCUT2D eigenvalue weighted by Crippen LogP contribution is -2.30. The van der Waals surface area contributed by atoms with Gasteiger partial charge in [-0.2, -0.15) is 4.98 Å². The molecule has 0 spiro atoms. The van der Waals surface area contributed by atoms with E-state index in [0.29, 0.717) is 22.8 Å². The summed E-state index contributed by atoms with van der Waals surface area (Å²) < 4.78 is 20.3. The fraction of sp³-hybridized carbons (Fsp3) is 0.125. The average Bonchev–Trinajstić information content (AvgIpc) is 3.35. The van der Waals surface area contributed by atoms with Crippen LogP contribution < -0.4 is 15.4 Å². The van der Waals surface area contributed by atoms with Gasteiger partial charge in [0.15, 0.2) is 11.6 Å². The summed E-state index contributed by atoms with van der Waals surface area (Å²) in [5.41, 5.74) is 1.60. The SMILES string of the molecule is COc1cnc(Nc2ccc(F)cc2Cl)nc1-n1ccc(C(=O)NC(CO)c2ccccc2)c1. The molecule has 10 heteroatoms. The summed E-state index contributed by atoms with van der Waals surface area (Å²) in [5, 5.41) is 15.7. The van der Waals surface area contributed by atoms with Crippen LogP contribution in [0.1, 0.15) is 22.0 Å². The Hall–Kier alpha value is -3.95. The molecule has 4 aromatic rings. The van der Waals surface area contributed by atoms with Crippen LogP contribution in [0.5, 0.6) is 5.75 Å². The van der Waals surface area contributed by atoms with E-state index in [-0.39, 0.29) is 23.5 Å². The first-order chi connectivity index (χ1) is 16.5. The molecule has 4 rings (SSSR count). The summed E-state index contributed by atoms with van der Waals surface area (Å²) in [6, 6.07) is 14.2. The highest BCUT2D eigenvalue weighted by atomic mass is 35.5. The second-order valence-electron chi connectivity index (χ2n) is 7.26. The van der Waals surface area contributed by atoms with Crippen molar-refractivity contribution < 1.29 is 19.0 Å². The molecular formula is C24H21ClFN5O3. The molecule has 0 saturated heterocycles. The third kappa shape index (κ3) is 5.16. The minimum atomic E-state index is -0.540. The predicted octanol–water partition coefficient (Wildman–Crippen LogP) is 4.28. The maximum Gasteiger partial charge on any atom is 0.253 e. The number of amides is 1. The number of carbonyl (C=O) groups excluding carboxylic acids is 1. The van der Waals surface area contributed by atoms with Gasteiger partial charge in [-0.15, -0.1) is 0 Å². The molecule has 2 aromatic carbocycles. The van der Waals surface area contributed by atoms with Crippen molar-refractivity contribution in [2.75, 3.05) is 19.0 Å². The van der Waals surface area contributed by atoms with Crippen LogP contribution in [0.15, 0.2) is 73.2 Å². The van der Waals surface area contributed by atoms with E-state index in [1.165, 1.54) is 31.5 Å². The molecule has 174 valence electrons. The predicted molar refractivity (Wildman–Crippen MR) is 126 cm³/mol. The van der Waals surface area contributed by atoms with Crippen molar-refractivity contribution in [3.63, 3.8) is 0 Å². The van der Waals surface area contributed by atoms with Gasteiger partial charge in [0.25, 0.3) is 5.91 Å². The fourth-order valence-electron chi connectivity index (χ4n) is 3.29. The van der Waals surface area contributed by atoms with Gasteiger partial charge in [-0.05, 0) is 29.8 Å². The van der Waals surface area contributed by atoms with E-state index >= 15 is 0 Å². The molecule has 0 fully saturated rings. The van der Waals surface area contributed by atoms with Crippen LogP contribution in [0.2, 0.25) is 5.02 Å². The highest BCUT2D eigenvalue weighted by molar-refractivity contribution is 6.33. The number of nitrogens with zero attached hydrogens (tertiary/aromatic N) is 3. The van der Waals surface area contributed by atoms with Gasteiger partial charge in [-0.3, -0.25) is 4.79 Å². The topological polar surface area (TPSA) is 101 Å². The van der Waals surface area contributed by atoms with E-state index in [4.69, 9.17) is 16.3 Å². The van der Waals surface area contributed by atoms with Crippen molar-refractivity contribution in [2.24, 2.45) is 0 Å². The van der Waals surface area contributed by atoms with E-state index in [0.717, 1.165) is 5.56 Å². The smallest absolute Gasteiger partial charge is 0.253 e. The standard InChI is InChI=1S/C24H21ClFN5O3/c1-34-21-12-27-24(29-19-8-7-17(26)11-18(19)25)30-22(21)31-10-9-16(13-31)23(33)28-20(14-32)15-5-3-2-4-6-15/h2-13,20,32H,14H2,1H3,(H,28,33)(H,27,29,30). The molecule has 1 unspecified atom stereocenters. The number of rotatable bonds is 8. The maximum atomic E-state index is 13.3. The Kier molecular flexibility index (Phi) is 7.05. The Balaban J connectivity index is 1.57. The van der Waals surface area contributed by atoms with Crippen molar-refractivity contribution in [1.29, 1.82) is 0 Å². The Labute approximate surface area is 200 Å². The second-order valence-corrected chi connectivity index (χ2v) is 7.67. The van der Waals surface area contributed by atoms with Crippen LogP contribution in [-0.2, 0) is 0 Å². The average molecular weight is 482 g/mol. The number of nitrogens with one attached hydrogen (secondary N) is 2. The first kappa shape index (κ1) is 23.2. The molecule has 0 saturated carbocycles. The number of aliphatic hydroxyl groups excluding tert-OH is 1. The van der Waals surface area contributed by atoms with Crippen molar-refractivity contribution in [1.82, 2.24) is 19.9 Å². The number of hydrogen-bond donors (Lipinski definition) is 3. The first-order valence-corrected chi connectivity index (χ1v) is 10.6. The molecule has 1 atom stereocenters. The number of methoxy groups -OCH3 is 1. The van der Waals surface area contributed by atoms with Crippen molar-refractivity contribution >= 4 is 29.1 Å². The van der Waals surface area contributed by atoms with E-state index in [1.807, 2.05) is 30.3 Å². The van der Waals surface area contributed by atoms with E-state index < -0.39 is 11.9 Å². The Morgan fingerprint density at radius 2 is 2.03 bits per heavy atom. The van der Waals surface area contributed by atoms with Gasteiger partial charge in [0, 0.05) is 12.4 Å². The van der Waals surface area contributed by atoms with Gasteiger partial charge in [-0.25, -0.2) is 9.37 Å². The van der Waals surface area contributed by atoms with Crippen molar-refractivity contribution in [3.8, 4) is 11.6 Å². The number of benzene rings is 2. The lowest BCUT2D eigenvalue weighted by molar-refractivity contribution is 0.0916. The Bertz CT molecular complexity index is 1300. The third-order valence-corrected chi connectivity index (χ3v) is 5.34. The quantitative estimate of drug-likeness (QED) is 0.347. The van der Waals surface area contributed by atoms with Crippen LogP contribution in [0.3, 0.4) is 0 Å². The van der Waals surface area contributed by atoms with Crippen LogP contribution in [-0.4, -0.2) is 39.3 Å². The molecule has 0 aliphatic carbocycles. The van der Waals surface area contributed by atoms with Gasteiger partial charge in [-0.1, -0.05) is 41.9 Å². The Morgan fingerprint density at radius 3 is 2.74 bits per heavy atom. The molecule has 0 aliphatic heterocycles. The van der Waals surface area contributed by atoms with Crippen molar-refractivity contribution in [3.05, 3.63) is 95.2 Å². The van der Waals surface area contributed by atoms with E-state index in [1.54, 1.807) is 23.0 Å². The zero-order chi connectivity index (χ0) is 24.1. The summed E-state index contributed by atoms with van der Waals surface area (Å²) in [6.45, 7) is -0.239. The number of aliphatic hydroxyl groups is 1. The van der Waals surface area contributed by atoms with Crippen LogP contribution >= 0.6 is 11.6 Å². The lowest BCUT2D eigenvalue weighted by Gasteiger charge is -2.16. The maximum absolute atomic E-state index is 13.3. The summed E-state index contributed by atoms with van der Waals surface area (Å²) in [4.78, 5) is 21.5. The summed E-state index contributed by atoms with van der Waals surface area (Å²) >= 11 is 6.08. The second kappa shape index (κ2) is 10.3. The molecule has 3 N–H and O–H groups in total. The van der Waals surface area contributed by atoms with E-state index in [2.05, 4.69) is 20.6 Å². The number of hydrogen-bond acceptors (Lipinski definition) is 6. The molecular weight excluding hydrogens is 461 g/mol. The van der Waals surface area contributed by atoms with Gasteiger partial charge in [0.1, 0.15) is 5.82 Å². The molecule has 0 bridgehead atoms. The van der Waals surface area contributed by atoms with Crippen molar-refractivity contribution in [2.45, 2.75) is 6.04 Å². The Morgan fingerprint density at radius 1 is 1.24 bits per heavy atom. The third-order valence-electron chi connectivity index (χ3n) is 5.02. The first-order valence-electron chi connectivity index (χ1n) is 10.3. The molecule has 2 aromatic heterocycles. The lowest BCUT2D eigenvalue weighted by atomic mass is 10.1. The molecule has 2 heterocycles. The normalized spacial score (nSPS) is 11.6. The number of ether oxygens (including phenoxy) is 1. The van der Waals surface area contributed by atoms with Gasteiger partial charge < -0.3 is 25.0 Å². The van der Waals surface area contributed by atoms with Gasteiger partial charge in [0.05, 0.1) is 42.2 Å². The van der Waals surface area contributed by atoms with Crippen LogP contribution in [0.4, 0.5) is 16.0 Å². The van der Waals surface area contributed by atoms with Gasteiger partial charge in [0.2, 0.25) is 5.95 Å². The molecule has 0 aliphatic rings. The largest absolute Gasteiger partial charge is 0.491 e. The number of halogens is 2. The highest BCUT2D eigenvalue weighted by Crippen LogP contribution is 2.27. The monoisotopic (exact) mass is 481 g/mol. The molecule has 1 amide bonds.